The Bertz CT molecular complexity index is 673. The fraction of sp³-hybridized carbons (Fsp3) is 0.222. The van der Waals surface area contributed by atoms with Crippen LogP contribution in [0.15, 0.2) is 54.6 Å². The summed E-state index contributed by atoms with van der Waals surface area (Å²) in [5, 5.41) is 11.5. The van der Waals surface area contributed by atoms with Gasteiger partial charge in [0.2, 0.25) is 0 Å². The van der Waals surface area contributed by atoms with Gasteiger partial charge >= 0.3 is 12.1 Å². The van der Waals surface area contributed by atoms with Crippen molar-refractivity contribution in [2.75, 3.05) is 0 Å². The van der Waals surface area contributed by atoms with Crippen LogP contribution in [0.1, 0.15) is 17.5 Å². The van der Waals surface area contributed by atoms with Gasteiger partial charge in [0.1, 0.15) is 12.4 Å². The Morgan fingerprint density at radius 2 is 1.71 bits per heavy atom. The van der Waals surface area contributed by atoms with Crippen molar-refractivity contribution >= 4 is 12.1 Å². The van der Waals surface area contributed by atoms with Crippen LogP contribution in [-0.2, 0) is 22.6 Å². The van der Waals surface area contributed by atoms with Gasteiger partial charge in [-0.3, -0.25) is 4.79 Å². The molecule has 1 atom stereocenters. The molecule has 0 aliphatic rings. The van der Waals surface area contributed by atoms with Crippen LogP contribution in [0.4, 0.5) is 9.18 Å². The monoisotopic (exact) mass is 331 g/mol. The first-order chi connectivity index (χ1) is 11.5. The molecule has 24 heavy (non-hydrogen) atoms. The Hall–Kier alpha value is -2.89. The van der Waals surface area contributed by atoms with E-state index in [9.17, 15) is 14.0 Å². The molecule has 1 amide bonds. The molecule has 0 fully saturated rings. The summed E-state index contributed by atoms with van der Waals surface area (Å²) in [4.78, 5) is 22.8. The van der Waals surface area contributed by atoms with Crippen molar-refractivity contribution in [3.8, 4) is 0 Å². The van der Waals surface area contributed by atoms with Crippen molar-refractivity contribution in [3.63, 3.8) is 0 Å². The van der Waals surface area contributed by atoms with Crippen molar-refractivity contribution in [2.24, 2.45) is 0 Å². The number of halogens is 1. The Labute approximate surface area is 139 Å². The van der Waals surface area contributed by atoms with Gasteiger partial charge in [0.05, 0.1) is 6.42 Å². The number of aliphatic carboxylic acids is 1. The molecule has 0 bridgehead atoms. The van der Waals surface area contributed by atoms with Gasteiger partial charge < -0.3 is 15.2 Å². The van der Waals surface area contributed by atoms with E-state index in [0.717, 1.165) is 11.1 Å². The highest BCUT2D eigenvalue weighted by atomic mass is 19.1. The van der Waals surface area contributed by atoms with E-state index < -0.39 is 18.1 Å². The number of hydrogen-bond acceptors (Lipinski definition) is 3. The molecule has 0 saturated carbocycles. The van der Waals surface area contributed by atoms with Crippen LogP contribution >= 0.6 is 0 Å². The van der Waals surface area contributed by atoms with Crippen molar-refractivity contribution < 1.29 is 23.8 Å². The molecular formula is C18H18FNO4. The summed E-state index contributed by atoms with van der Waals surface area (Å²) in [7, 11) is 0. The third-order valence-corrected chi connectivity index (χ3v) is 3.35. The van der Waals surface area contributed by atoms with Gasteiger partial charge in [0.25, 0.3) is 0 Å². The Balaban J connectivity index is 1.91. The first-order valence-electron chi connectivity index (χ1n) is 7.46. The smallest absolute Gasteiger partial charge is 0.407 e. The fourth-order valence-corrected chi connectivity index (χ4v) is 2.22. The molecule has 5 nitrogen and oxygen atoms in total. The molecule has 2 aromatic carbocycles. The molecule has 2 rings (SSSR count). The van der Waals surface area contributed by atoms with E-state index in [2.05, 4.69) is 5.32 Å². The number of amides is 1. The average Bonchev–Trinajstić information content (AvgIpc) is 2.55. The van der Waals surface area contributed by atoms with E-state index >= 15 is 0 Å². The number of carbonyl (C=O) groups excluding carboxylic acids is 1. The second-order valence-electron chi connectivity index (χ2n) is 5.33. The second kappa shape index (κ2) is 8.67. The maximum absolute atomic E-state index is 12.9. The molecule has 0 saturated heterocycles. The summed E-state index contributed by atoms with van der Waals surface area (Å²) in [6, 6.07) is 14.2. The fourth-order valence-electron chi connectivity index (χ4n) is 2.22. The Morgan fingerprint density at radius 1 is 1.04 bits per heavy atom. The zero-order valence-corrected chi connectivity index (χ0v) is 12.9. The maximum atomic E-state index is 12.9. The third-order valence-electron chi connectivity index (χ3n) is 3.35. The van der Waals surface area contributed by atoms with E-state index in [1.54, 1.807) is 12.1 Å². The summed E-state index contributed by atoms with van der Waals surface area (Å²) in [6.45, 7) is 0.100. The van der Waals surface area contributed by atoms with Crippen LogP contribution in [0.5, 0.6) is 0 Å². The van der Waals surface area contributed by atoms with Crippen LogP contribution in [0.3, 0.4) is 0 Å². The van der Waals surface area contributed by atoms with Gasteiger partial charge in [-0.15, -0.1) is 0 Å². The number of alkyl carbamates (subject to hydrolysis) is 1. The second-order valence-corrected chi connectivity index (χ2v) is 5.33. The zero-order chi connectivity index (χ0) is 17.4. The minimum absolute atomic E-state index is 0.100. The summed E-state index contributed by atoms with van der Waals surface area (Å²) in [5.41, 5.74) is 1.56. The number of ether oxygens (including phenoxy) is 1. The molecule has 126 valence electrons. The highest BCUT2D eigenvalue weighted by molar-refractivity contribution is 5.71. The number of carbonyl (C=O) groups is 2. The standard InChI is InChI=1S/C18H18FNO4/c19-15-8-6-13(7-9-15)10-16(11-17(21)22)20-18(23)24-12-14-4-2-1-3-5-14/h1-9,16H,10-12H2,(H,20,23)(H,21,22)/t16-/m1/s1. The Kier molecular flexibility index (Phi) is 6.31. The SMILES string of the molecule is O=C(O)C[C@@H](Cc1ccc(F)cc1)NC(=O)OCc1ccccc1. The van der Waals surface area contributed by atoms with Gasteiger partial charge in [-0.2, -0.15) is 0 Å². The van der Waals surface area contributed by atoms with Crippen LogP contribution in [0.2, 0.25) is 0 Å². The van der Waals surface area contributed by atoms with Crippen LogP contribution in [0.25, 0.3) is 0 Å². The number of carboxylic acids is 1. The lowest BCUT2D eigenvalue weighted by Crippen LogP contribution is -2.38. The number of benzene rings is 2. The summed E-state index contributed by atoms with van der Waals surface area (Å²) in [6.07, 6.45) is -0.669. The van der Waals surface area contributed by atoms with E-state index in [4.69, 9.17) is 9.84 Å². The molecule has 2 N–H and O–H groups in total. The molecule has 2 aromatic rings. The Morgan fingerprint density at radius 3 is 2.33 bits per heavy atom. The number of hydrogen-bond donors (Lipinski definition) is 2. The molecular weight excluding hydrogens is 313 g/mol. The zero-order valence-electron chi connectivity index (χ0n) is 12.9. The quantitative estimate of drug-likeness (QED) is 0.817. The highest BCUT2D eigenvalue weighted by Gasteiger charge is 2.17. The molecule has 6 heteroatoms. The molecule has 0 radical (unpaired) electrons. The molecule has 0 unspecified atom stereocenters. The first kappa shape index (κ1) is 17.5. The van der Waals surface area contributed by atoms with Crippen molar-refractivity contribution in [2.45, 2.75) is 25.5 Å². The van der Waals surface area contributed by atoms with Crippen LogP contribution in [0, 0.1) is 5.82 Å². The van der Waals surface area contributed by atoms with Crippen LogP contribution < -0.4 is 5.32 Å². The maximum Gasteiger partial charge on any atom is 0.407 e. The van der Waals surface area contributed by atoms with Gasteiger partial charge in [-0.25, -0.2) is 9.18 Å². The lowest BCUT2D eigenvalue weighted by atomic mass is 10.0. The minimum atomic E-state index is -1.04. The summed E-state index contributed by atoms with van der Waals surface area (Å²) >= 11 is 0. The van der Waals surface area contributed by atoms with Crippen molar-refractivity contribution in [1.82, 2.24) is 5.32 Å². The normalized spacial score (nSPS) is 11.5. The molecule has 0 spiro atoms. The van der Waals surface area contributed by atoms with Gasteiger partial charge in [-0.1, -0.05) is 42.5 Å². The first-order valence-corrected chi connectivity index (χ1v) is 7.46. The van der Waals surface area contributed by atoms with E-state index in [1.807, 2.05) is 30.3 Å². The predicted molar refractivity (Wildman–Crippen MR) is 85.9 cm³/mol. The summed E-state index contributed by atoms with van der Waals surface area (Å²) < 4.78 is 18.0. The van der Waals surface area contributed by atoms with E-state index in [1.165, 1.54) is 12.1 Å². The lowest BCUT2D eigenvalue weighted by Gasteiger charge is -2.17. The van der Waals surface area contributed by atoms with E-state index in [-0.39, 0.29) is 25.3 Å². The lowest BCUT2D eigenvalue weighted by molar-refractivity contribution is -0.137. The third kappa shape index (κ3) is 6.08. The predicted octanol–water partition coefficient (Wildman–Crippen LogP) is 3.14. The van der Waals surface area contributed by atoms with Gasteiger partial charge in [0.15, 0.2) is 0 Å². The van der Waals surface area contributed by atoms with Crippen molar-refractivity contribution in [1.29, 1.82) is 0 Å². The summed E-state index contributed by atoms with van der Waals surface area (Å²) in [5.74, 6) is -1.41. The molecule has 0 heterocycles. The van der Waals surface area contributed by atoms with Gasteiger partial charge in [-0.05, 0) is 29.7 Å². The van der Waals surface area contributed by atoms with Crippen LogP contribution in [-0.4, -0.2) is 23.2 Å². The van der Waals surface area contributed by atoms with Crippen molar-refractivity contribution in [3.05, 3.63) is 71.5 Å². The average molecular weight is 331 g/mol. The minimum Gasteiger partial charge on any atom is -0.481 e. The molecule has 0 aromatic heterocycles. The number of carboxylic acid groups (broad SMARTS) is 1. The van der Waals surface area contributed by atoms with E-state index in [0.29, 0.717) is 0 Å². The molecule has 0 aliphatic carbocycles. The largest absolute Gasteiger partial charge is 0.481 e. The highest BCUT2D eigenvalue weighted by Crippen LogP contribution is 2.09. The number of nitrogens with one attached hydrogen (secondary N) is 1. The molecule has 0 aliphatic heterocycles. The number of rotatable bonds is 7. The topological polar surface area (TPSA) is 75.6 Å². The van der Waals surface area contributed by atoms with Gasteiger partial charge in [0, 0.05) is 6.04 Å².